The SMILES string of the molecule is CCOC(C)(OCC)OC(=O)c1ccccc1C(=O)O. The van der Waals surface area contributed by atoms with E-state index < -0.39 is 17.9 Å². The zero-order chi connectivity index (χ0) is 15.2. The summed E-state index contributed by atoms with van der Waals surface area (Å²) in [7, 11) is 0. The second-order valence-electron chi connectivity index (χ2n) is 3.97. The number of carbonyl (C=O) groups is 2. The van der Waals surface area contributed by atoms with Gasteiger partial charge in [-0.3, -0.25) is 0 Å². The Balaban J connectivity index is 2.98. The summed E-state index contributed by atoms with van der Waals surface area (Å²) >= 11 is 0. The van der Waals surface area contributed by atoms with Crippen LogP contribution in [-0.4, -0.2) is 36.2 Å². The summed E-state index contributed by atoms with van der Waals surface area (Å²) in [5.41, 5.74) is -0.182. The van der Waals surface area contributed by atoms with Crippen molar-refractivity contribution in [1.29, 1.82) is 0 Å². The number of benzene rings is 1. The van der Waals surface area contributed by atoms with Gasteiger partial charge in [0, 0.05) is 6.92 Å². The van der Waals surface area contributed by atoms with E-state index >= 15 is 0 Å². The lowest BCUT2D eigenvalue weighted by Gasteiger charge is -2.28. The smallest absolute Gasteiger partial charge is 0.343 e. The molecule has 20 heavy (non-hydrogen) atoms. The second-order valence-corrected chi connectivity index (χ2v) is 3.97. The van der Waals surface area contributed by atoms with Crippen LogP contribution < -0.4 is 0 Å². The van der Waals surface area contributed by atoms with Gasteiger partial charge in [0.15, 0.2) is 0 Å². The summed E-state index contributed by atoms with van der Waals surface area (Å²) in [6, 6.07) is 5.80. The fraction of sp³-hybridized carbons (Fsp3) is 0.429. The van der Waals surface area contributed by atoms with Crippen molar-refractivity contribution < 1.29 is 28.9 Å². The highest BCUT2D eigenvalue weighted by atomic mass is 16.9. The molecule has 0 atom stereocenters. The van der Waals surface area contributed by atoms with Gasteiger partial charge in [0.05, 0.1) is 24.3 Å². The van der Waals surface area contributed by atoms with E-state index in [1.807, 2.05) is 0 Å². The van der Waals surface area contributed by atoms with Crippen LogP contribution in [0.1, 0.15) is 41.5 Å². The minimum Gasteiger partial charge on any atom is -0.478 e. The Morgan fingerprint density at radius 2 is 1.60 bits per heavy atom. The number of aromatic carboxylic acids is 1. The van der Waals surface area contributed by atoms with Crippen molar-refractivity contribution in [3.8, 4) is 0 Å². The van der Waals surface area contributed by atoms with Crippen molar-refractivity contribution in [2.45, 2.75) is 26.7 Å². The van der Waals surface area contributed by atoms with Crippen molar-refractivity contribution in [3.05, 3.63) is 35.4 Å². The Bertz CT molecular complexity index is 476. The third-order valence-electron chi connectivity index (χ3n) is 2.47. The first-order valence-electron chi connectivity index (χ1n) is 6.27. The summed E-state index contributed by atoms with van der Waals surface area (Å²) < 4.78 is 15.6. The molecule has 0 aliphatic heterocycles. The average Bonchev–Trinajstić information content (AvgIpc) is 2.38. The van der Waals surface area contributed by atoms with Crippen LogP contribution in [0.4, 0.5) is 0 Å². The molecule has 0 radical (unpaired) electrons. The van der Waals surface area contributed by atoms with Gasteiger partial charge in [0.25, 0.3) is 0 Å². The number of carbonyl (C=O) groups excluding carboxylic acids is 1. The van der Waals surface area contributed by atoms with E-state index in [4.69, 9.17) is 19.3 Å². The van der Waals surface area contributed by atoms with Gasteiger partial charge >= 0.3 is 17.9 Å². The van der Waals surface area contributed by atoms with Crippen LogP contribution >= 0.6 is 0 Å². The maximum atomic E-state index is 12.1. The number of carboxylic acid groups (broad SMARTS) is 1. The van der Waals surface area contributed by atoms with Gasteiger partial charge in [0.1, 0.15) is 0 Å². The van der Waals surface area contributed by atoms with Crippen molar-refractivity contribution in [3.63, 3.8) is 0 Å². The fourth-order valence-electron chi connectivity index (χ4n) is 1.70. The molecule has 110 valence electrons. The van der Waals surface area contributed by atoms with Crippen LogP contribution in [0, 0.1) is 0 Å². The van der Waals surface area contributed by atoms with Crippen molar-refractivity contribution in [2.75, 3.05) is 13.2 Å². The molecule has 1 aromatic carbocycles. The fourth-order valence-corrected chi connectivity index (χ4v) is 1.70. The van der Waals surface area contributed by atoms with Gasteiger partial charge in [-0.25, -0.2) is 9.59 Å². The summed E-state index contributed by atoms with van der Waals surface area (Å²) in [5, 5.41) is 9.05. The van der Waals surface area contributed by atoms with Crippen molar-refractivity contribution in [2.24, 2.45) is 0 Å². The van der Waals surface area contributed by atoms with Gasteiger partial charge in [-0.15, -0.1) is 0 Å². The first-order chi connectivity index (χ1) is 9.43. The molecule has 1 N–H and O–H groups in total. The van der Waals surface area contributed by atoms with Crippen LogP contribution in [0.5, 0.6) is 0 Å². The Kier molecular flexibility index (Phi) is 5.66. The predicted octanol–water partition coefficient (Wildman–Crippen LogP) is 2.29. The highest BCUT2D eigenvalue weighted by Gasteiger charge is 2.32. The molecular weight excluding hydrogens is 264 g/mol. The van der Waals surface area contributed by atoms with Gasteiger partial charge in [-0.2, -0.15) is 0 Å². The molecule has 0 saturated heterocycles. The molecule has 0 unspecified atom stereocenters. The number of carboxylic acids is 1. The molecule has 0 amide bonds. The third-order valence-corrected chi connectivity index (χ3v) is 2.47. The van der Waals surface area contributed by atoms with E-state index in [0.29, 0.717) is 0 Å². The molecule has 0 aromatic heterocycles. The molecule has 0 heterocycles. The normalized spacial score (nSPS) is 11.2. The molecule has 0 fully saturated rings. The highest BCUT2D eigenvalue weighted by Crippen LogP contribution is 2.19. The zero-order valence-electron chi connectivity index (χ0n) is 11.7. The van der Waals surface area contributed by atoms with Crippen LogP contribution in [0.2, 0.25) is 0 Å². The maximum absolute atomic E-state index is 12.1. The summed E-state index contributed by atoms with van der Waals surface area (Å²) in [4.78, 5) is 23.2. The Hall–Kier alpha value is -1.92. The standard InChI is InChI=1S/C14H18O6/c1-4-18-14(3,19-5-2)20-13(17)11-9-7-6-8-10(11)12(15)16/h6-9H,4-5H2,1-3H3,(H,15,16). The Morgan fingerprint density at radius 3 is 2.05 bits per heavy atom. The van der Waals surface area contributed by atoms with Crippen molar-refractivity contribution >= 4 is 11.9 Å². The molecule has 1 rings (SSSR count). The number of ether oxygens (including phenoxy) is 3. The highest BCUT2D eigenvalue weighted by molar-refractivity contribution is 6.02. The Labute approximate surface area is 117 Å². The lowest BCUT2D eigenvalue weighted by atomic mass is 10.1. The molecule has 6 heteroatoms. The number of esters is 1. The molecular formula is C14H18O6. The van der Waals surface area contributed by atoms with Crippen LogP contribution in [0.3, 0.4) is 0 Å². The van der Waals surface area contributed by atoms with E-state index in [-0.39, 0.29) is 24.3 Å². The number of rotatable bonds is 7. The van der Waals surface area contributed by atoms with E-state index in [2.05, 4.69) is 0 Å². The Morgan fingerprint density at radius 1 is 1.10 bits per heavy atom. The van der Waals surface area contributed by atoms with E-state index in [1.54, 1.807) is 19.9 Å². The van der Waals surface area contributed by atoms with Crippen LogP contribution in [0.15, 0.2) is 24.3 Å². The second kappa shape index (κ2) is 7.02. The van der Waals surface area contributed by atoms with Gasteiger partial charge in [-0.1, -0.05) is 12.1 Å². The van der Waals surface area contributed by atoms with Crippen LogP contribution in [0.25, 0.3) is 0 Å². The maximum Gasteiger partial charge on any atom is 0.343 e. The predicted molar refractivity (Wildman–Crippen MR) is 70.5 cm³/mol. The first kappa shape index (κ1) is 16.1. The molecule has 0 aliphatic rings. The van der Waals surface area contributed by atoms with E-state index in [1.165, 1.54) is 25.1 Å². The van der Waals surface area contributed by atoms with E-state index in [0.717, 1.165) is 0 Å². The summed E-state index contributed by atoms with van der Waals surface area (Å²) in [5.74, 6) is -3.55. The molecule has 1 aromatic rings. The van der Waals surface area contributed by atoms with E-state index in [9.17, 15) is 9.59 Å². The molecule has 0 bridgehead atoms. The zero-order valence-corrected chi connectivity index (χ0v) is 11.7. The monoisotopic (exact) mass is 282 g/mol. The number of hydrogen-bond acceptors (Lipinski definition) is 5. The van der Waals surface area contributed by atoms with Gasteiger partial charge in [-0.05, 0) is 26.0 Å². The third kappa shape index (κ3) is 4.04. The van der Waals surface area contributed by atoms with Gasteiger partial charge in [0.2, 0.25) is 0 Å². The lowest BCUT2D eigenvalue weighted by Crippen LogP contribution is -2.38. The lowest BCUT2D eigenvalue weighted by molar-refractivity contribution is -0.341. The van der Waals surface area contributed by atoms with Crippen molar-refractivity contribution in [1.82, 2.24) is 0 Å². The molecule has 0 aliphatic carbocycles. The quantitative estimate of drug-likeness (QED) is 0.610. The topological polar surface area (TPSA) is 82.1 Å². The molecule has 0 spiro atoms. The molecule has 0 saturated carbocycles. The average molecular weight is 282 g/mol. The largest absolute Gasteiger partial charge is 0.478 e. The minimum atomic E-state index is -1.54. The summed E-state index contributed by atoms with van der Waals surface area (Å²) in [6.07, 6.45) is 0. The molecule has 6 nitrogen and oxygen atoms in total. The first-order valence-corrected chi connectivity index (χ1v) is 6.27. The number of hydrogen-bond donors (Lipinski definition) is 1. The minimum absolute atomic E-state index is 0.0503. The van der Waals surface area contributed by atoms with Crippen LogP contribution in [-0.2, 0) is 14.2 Å². The van der Waals surface area contributed by atoms with Gasteiger partial charge < -0.3 is 19.3 Å². The summed E-state index contributed by atoms with van der Waals surface area (Å²) in [6.45, 7) is 5.49.